The van der Waals surface area contributed by atoms with Gasteiger partial charge in [-0.05, 0) is 31.5 Å². The number of aryl methyl sites for hydroxylation is 1. The van der Waals surface area contributed by atoms with Gasteiger partial charge in [-0.1, -0.05) is 6.07 Å². The van der Waals surface area contributed by atoms with E-state index in [1.165, 1.54) is 4.90 Å². The quantitative estimate of drug-likeness (QED) is 0.755. The summed E-state index contributed by atoms with van der Waals surface area (Å²) in [5.74, 6) is -0.565. The second kappa shape index (κ2) is 8.02. The first-order valence-electron chi connectivity index (χ1n) is 6.99. The summed E-state index contributed by atoms with van der Waals surface area (Å²) >= 11 is 0. The van der Waals surface area contributed by atoms with Crippen molar-refractivity contribution in [2.24, 2.45) is 0 Å². The number of anilines is 1. The summed E-state index contributed by atoms with van der Waals surface area (Å²) in [6.07, 6.45) is 0. The molecule has 0 saturated heterocycles. The van der Waals surface area contributed by atoms with Gasteiger partial charge in [0.15, 0.2) is 0 Å². The molecule has 120 valence electrons. The molecule has 0 heterocycles. The molecule has 0 saturated carbocycles. The molecule has 0 atom stereocenters. The van der Waals surface area contributed by atoms with Crippen LogP contribution in [0.5, 0.6) is 0 Å². The van der Waals surface area contributed by atoms with Crippen LogP contribution in [0.25, 0.3) is 0 Å². The lowest BCUT2D eigenvalue weighted by atomic mass is 10.1. The highest BCUT2D eigenvalue weighted by Gasteiger charge is 2.11. The van der Waals surface area contributed by atoms with E-state index in [0.29, 0.717) is 17.8 Å². The van der Waals surface area contributed by atoms with Crippen LogP contribution in [0, 0.1) is 6.92 Å². The van der Waals surface area contributed by atoms with Crippen LogP contribution in [0.3, 0.4) is 0 Å². The van der Waals surface area contributed by atoms with Crippen LogP contribution in [-0.4, -0.2) is 49.9 Å². The van der Waals surface area contributed by atoms with E-state index in [0.717, 1.165) is 5.56 Å². The Morgan fingerprint density at radius 2 is 1.86 bits per heavy atom. The van der Waals surface area contributed by atoms with Crippen LogP contribution in [0.2, 0.25) is 0 Å². The average molecular weight is 306 g/mol. The minimum atomic E-state index is -0.525. The summed E-state index contributed by atoms with van der Waals surface area (Å²) in [7, 11) is 3.35. The highest BCUT2D eigenvalue weighted by atomic mass is 16.2. The van der Waals surface area contributed by atoms with Crippen molar-refractivity contribution in [2.45, 2.75) is 13.8 Å². The van der Waals surface area contributed by atoms with Gasteiger partial charge in [-0.15, -0.1) is 0 Å². The Morgan fingerprint density at radius 3 is 2.45 bits per heavy atom. The fourth-order valence-electron chi connectivity index (χ4n) is 1.75. The van der Waals surface area contributed by atoms with Gasteiger partial charge in [0.05, 0.1) is 6.54 Å². The molecule has 0 aromatic heterocycles. The number of rotatable bonds is 5. The second-order valence-corrected chi connectivity index (χ2v) is 4.99. The van der Waals surface area contributed by atoms with Gasteiger partial charge in [0.25, 0.3) is 5.91 Å². The van der Waals surface area contributed by atoms with Crippen LogP contribution in [0.1, 0.15) is 22.8 Å². The van der Waals surface area contributed by atoms with Crippen LogP contribution >= 0.6 is 0 Å². The number of nitrogens with zero attached hydrogens (tertiary/aromatic N) is 1. The molecule has 22 heavy (non-hydrogen) atoms. The molecule has 0 bridgehead atoms. The number of benzene rings is 1. The molecule has 1 aromatic rings. The molecule has 7 heteroatoms. The molecule has 0 aliphatic rings. The maximum atomic E-state index is 11.9. The van der Waals surface area contributed by atoms with Crippen molar-refractivity contribution in [3.63, 3.8) is 0 Å². The van der Waals surface area contributed by atoms with Gasteiger partial charge >= 0.3 is 6.03 Å². The van der Waals surface area contributed by atoms with Crippen molar-refractivity contribution in [3.05, 3.63) is 29.3 Å². The first kappa shape index (κ1) is 17.5. The van der Waals surface area contributed by atoms with Crippen molar-refractivity contribution in [3.8, 4) is 0 Å². The van der Waals surface area contributed by atoms with E-state index in [2.05, 4.69) is 16.0 Å². The topological polar surface area (TPSA) is 90.5 Å². The SMILES string of the molecule is CCNC(=O)NC(=O)CNc1cc(C(=O)N(C)C)ccc1C. The predicted octanol–water partition coefficient (Wildman–Crippen LogP) is 0.954. The molecule has 1 aromatic carbocycles. The predicted molar refractivity (Wildman–Crippen MR) is 84.9 cm³/mol. The smallest absolute Gasteiger partial charge is 0.321 e. The highest BCUT2D eigenvalue weighted by molar-refractivity contribution is 5.97. The Kier molecular flexibility index (Phi) is 6.37. The highest BCUT2D eigenvalue weighted by Crippen LogP contribution is 2.17. The molecular formula is C15H22N4O3. The number of hydrogen-bond donors (Lipinski definition) is 3. The zero-order valence-electron chi connectivity index (χ0n) is 13.3. The van der Waals surface area contributed by atoms with Crippen LogP contribution in [0.15, 0.2) is 18.2 Å². The van der Waals surface area contributed by atoms with E-state index in [-0.39, 0.29) is 12.5 Å². The zero-order chi connectivity index (χ0) is 16.7. The largest absolute Gasteiger partial charge is 0.376 e. The Balaban J connectivity index is 2.69. The molecular weight excluding hydrogens is 284 g/mol. The van der Waals surface area contributed by atoms with Crippen LogP contribution in [0.4, 0.5) is 10.5 Å². The summed E-state index contributed by atoms with van der Waals surface area (Å²) in [5, 5.41) is 7.60. The maximum Gasteiger partial charge on any atom is 0.321 e. The fraction of sp³-hybridized carbons (Fsp3) is 0.400. The summed E-state index contributed by atoms with van der Waals surface area (Å²) < 4.78 is 0. The maximum absolute atomic E-state index is 11.9. The molecule has 7 nitrogen and oxygen atoms in total. The standard InChI is InChI=1S/C15H22N4O3/c1-5-16-15(22)18-13(20)9-17-12-8-11(7-6-10(12)2)14(21)19(3)4/h6-8,17H,5,9H2,1-4H3,(H2,16,18,20,22). The van der Waals surface area contributed by atoms with E-state index < -0.39 is 11.9 Å². The van der Waals surface area contributed by atoms with E-state index in [4.69, 9.17) is 0 Å². The van der Waals surface area contributed by atoms with Crippen LogP contribution < -0.4 is 16.0 Å². The summed E-state index contributed by atoms with van der Waals surface area (Å²) in [6.45, 7) is 4.02. The molecule has 0 unspecified atom stereocenters. The first-order valence-corrected chi connectivity index (χ1v) is 6.99. The molecule has 0 spiro atoms. The number of carbonyl (C=O) groups is 3. The first-order chi connectivity index (χ1) is 10.3. The third-order valence-electron chi connectivity index (χ3n) is 2.92. The second-order valence-electron chi connectivity index (χ2n) is 4.99. The summed E-state index contributed by atoms with van der Waals surface area (Å²) in [5.41, 5.74) is 2.11. The number of hydrogen-bond acceptors (Lipinski definition) is 4. The normalized spacial score (nSPS) is 9.82. The van der Waals surface area contributed by atoms with Gasteiger partial charge in [0.1, 0.15) is 0 Å². The van der Waals surface area contributed by atoms with E-state index in [9.17, 15) is 14.4 Å². The Morgan fingerprint density at radius 1 is 1.18 bits per heavy atom. The molecule has 0 aliphatic carbocycles. The van der Waals surface area contributed by atoms with Gasteiger partial charge in [-0.3, -0.25) is 14.9 Å². The molecule has 1 rings (SSSR count). The third kappa shape index (κ3) is 5.08. The van der Waals surface area contributed by atoms with Gasteiger partial charge < -0.3 is 15.5 Å². The number of urea groups is 1. The fourth-order valence-corrected chi connectivity index (χ4v) is 1.75. The molecule has 0 fully saturated rings. The van der Waals surface area contributed by atoms with Gasteiger partial charge in [0, 0.05) is 31.9 Å². The molecule has 3 N–H and O–H groups in total. The van der Waals surface area contributed by atoms with Crippen molar-refractivity contribution >= 4 is 23.5 Å². The lowest BCUT2D eigenvalue weighted by Crippen LogP contribution is -2.41. The molecule has 4 amide bonds. The number of nitrogens with one attached hydrogen (secondary N) is 3. The lowest BCUT2D eigenvalue weighted by Gasteiger charge is -2.14. The lowest BCUT2D eigenvalue weighted by molar-refractivity contribution is -0.118. The Hall–Kier alpha value is -2.57. The Labute approximate surface area is 130 Å². The number of amides is 4. The monoisotopic (exact) mass is 306 g/mol. The zero-order valence-corrected chi connectivity index (χ0v) is 13.3. The van der Waals surface area contributed by atoms with Gasteiger partial charge in [-0.25, -0.2) is 4.79 Å². The average Bonchev–Trinajstić information content (AvgIpc) is 2.45. The Bertz CT molecular complexity index is 570. The van der Waals surface area contributed by atoms with Crippen molar-refractivity contribution in [1.82, 2.24) is 15.5 Å². The van der Waals surface area contributed by atoms with E-state index in [1.54, 1.807) is 39.2 Å². The molecule has 0 radical (unpaired) electrons. The molecule has 0 aliphatic heterocycles. The van der Waals surface area contributed by atoms with Crippen LogP contribution in [-0.2, 0) is 4.79 Å². The minimum absolute atomic E-state index is 0.0580. The van der Waals surface area contributed by atoms with Crippen molar-refractivity contribution < 1.29 is 14.4 Å². The number of imide groups is 1. The van der Waals surface area contributed by atoms with Crippen molar-refractivity contribution in [2.75, 3.05) is 32.5 Å². The van der Waals surface area contributed by atoms with Crippen molar-refractivity contribution in [1.29, 1.82) is 0 Å². The van der Waals surface area contributed by atoms with Gasteiger partial charge in [0.2, 0.25) is 5.91 Å². The summed E-state index contributed by atoms with van der Waals surface area (Å²) in [6, 6.07) is 4.71. The summed E-state index contributed by atoms with van der Waals surface area (Å²) in [4.78, 5) is 36.3. The minimum Gasteiger partial charge on any atom is -0.376 e. The van der Waals surface area contributed by atoms with Gasteiger partial charge in [-0.2, -0.15) is 0 Å². The number of carbonyl (C=O) groups excluding carboxylic acids is 3. The third-order valence-corrected chi connectivity index (χ3v) is 2.92. The van der Waals surface area contributed by atoms with E-state index >= 15 is 0 Å². The van der Waals surface area contributed by atoms with E-state index in [1.807, 2.05) is 6.92 Å².